The van der Waals surface area contributed by atoms with E-state index in [1.807, 2.05) is 49.3 Å². The standard InChI is InChI=1S/C19H29NO2/c1-5-7-8-15(6-2)13-17(19(21)22)14-16-9-11-18(12-10-16)20(3)4/h9-12,14-15H,5-8,13H2,1-4H3,(H,21,22). The number of nitrogens with zero attached hydrogens (tertiary/aromatic N) is 1. The summed E-state index contributed by atoms with van der Waals surface area (Å²) in [4.78, 5) is 13.6. The van der Waals surface area contributed by atoms with Crippen molar-refractivity contribution in [3.05, 3.63) is 35.4 Å². The minimum Gasteiger partial charge on any atom is -0.478 e. The average molecular weight is 303 g/mol. The fourth-order valence-corrected chi connectivity index (χ4v) is 2.53. The highest BCUT2D eigenvalue weighted by Crippen LogP contribution is 2.23. The lowest BCUT2D eigenvalue weighted by Gasteiger charge is -2.15. The molecule has 0 aliphatic rings. The van der Waals surface area contributed by atoms with Crippen LogP contribution in [-0.2, 0) is 4.79 Å². The SMILES string of the molecule is CCCCC(CC)CC(=Cc1ccc(N(C)C)cc1)C(=O)O. The summed E-state index contributed by atoms with van der Waals surface area (Å²) in [7, 11) is 3.99. The van der Waals surface area contributed by atoms with Crippen LogP contribution >= 0.6 is 0 Å². The summed E-state index contributed by atoms with van der Waals surface area (Å²) >= 11 is 0. The van der Waals surface area contributed by atoms with Gasteiger partial charge in [-0.25, -0.2) is 4.79 Å². The van der Waals surface area contributed by atoms with Gasteiger partial charge in [-0.2, -0.15) is 0 Å². The topological polar surface area (TPSA) is 40.5 Å². The van der Waals surface area contributed by atoms with Crippen molar-refractivity contribution in [3.63, 3.8) is 0 Å². The van der Waals surface area contributed by atoms with Crippen LogP contribution in [0.2, 0.25) is 0 Å². The number of rotatable bonds is 9. The van der Waals surface area contributed by atoms with Gasteiger partial charge in [0.1, 0.15) is 0 Å². The fraction of sp³-hybridized carbons (Fsp3) is 0.526. The molecule has 3 heteroatoms. The van der Waals surface area contributed by atoms with Gasteiger partial charge in [0.15, 0.2) is 0 Å². The van der Waals surface area contributed by atoms with Gasteiger partial charge in [0.05, 0.1) is 0 Å². The van der Waals surface area contributed by atoms with Crippen molar-refractivity contribution < 1.29 is 9.90 Å². The van der Waals surface area contributed by atoms with Crippen molar-refractivity contribution in [1.82, 2.24) is 0 Å². The van der Waals surface area contributed by atoms with E-state index in [1.54, 1.807) is 0 Å². The molecule has 0 aliphatic carbocycles. The number of carboxylic acid groups (broad SMARTS) is 1. The summed E-state index contributed by atoms with van der Waals surface area (Å²) in [6.45, 7) is 4.32. The monoisotopic (exact) mass is 303 g/mol. The second kappa shape index (κ2) is 9.29. The van der Waals surface area contributed by atoms with E-state index in [0.717, 1.165) is 30.5 Å². The molecule has 0 radical (unpaired) electrons. The quantitative estimate of drug-likeness (QED) is 0.664. The first-order valence-electron chi connectivity index (χ1n) is 8.19. The van der Waals surface area contributed by atoms with E-state index >= 15 is 0 Å². The molecule has 0 amide bonds. The predicted molar refractivity (Wildman–Crippen MR) is 94.3 cm³/mol. The minimum absolute atomic E-state index is 0.461. The van der Waals surface area contributed by atoms with Crippen molar-refractivity contribution in [2.24, 2.45) is 5.92 Å². The Morgan fingerprint density at radius 3 is 2.32 bits per heavy atom. The Bertz CT molecular complexity index is 489. The maximum absolute atomic E-state index is 11.5. The Labute approximate surface area is 134 Å². The molecule has 1 unspecified atom stereocenters. The van der Waals surface area contributed by atoms with E-state index < -0.39 is 5.97 Å². The van der Waals surface area contributed by atoms with Crippen LogP contribution < -0.4 is 4.90 Å². The van der Waals surface area contributed by atoms with Gasteiger partial charge in [-0.05, 0) is 36.1 Å². The number of aliphatic carboxylic acids is 1. The Morgan fingerprint density at radius 1 is 1.23 bits per heavy atom. The summed E-state index contributed by atoms with van der Waals surface area (Å²) in [5.41, 5.74) is 2.58. The van der Waals surface area contributed by atoms with Gasteiger partial charge in [0.25, 0.3) is 0 Å². The molecule has 1 aromatic rings. The molecule has 1 N–H and O–H groups in total. The van der Waals surface area contributed by atoms with E-state index in [2.05, 4.69) is 13.8 Å². The summed E-state index contributed by atoms with van der Waals surface area (Å²) in [5.74, 6) is -0.338. The molecule has 0 aromatic heterocycles. The highest BCUT2D eigenvalue weighted by Gasteiger charge is 2.14. The largest absolute Gasteiger partial charge is 0.478 e. The Morgan fingerprint density at radius 2 is 1.86 bits per heavy atom. The molecular weight excluding hydrogens is 274 g/mol. The van der Waals surface area contributed by atoms with Gasteiger partial charge >= 0.3 is 5.97 Å². The normalized spacial score (nSPS) is 13.0. The highest BCUT2D eigenvalue weighted by molar-refractivity contribution is 5.92. The summed E-state index contributed by atoms with van der Waals surface area (Å²) in [6.07, 6.45) is 6.94. The summed E-state index contributed by atoms with van der Waals surface area (Å²) in [5, 5.41) is 9.47. The molecule has 0 aliphatic heterocycles. The Kier molecular flexibility index (Phi) is 7.72. The second-order valence-electron chi connectivity index (χ2n) is 6.08. The first-order valence-corrected chi connectivity index (χ1v) is 8.19. The van der Waals surface area contributed by atoms with Crippen molar-refractivity contribution in [2.45, 2.75) is 46.0 Å². The molecule has 1 aromatic carbocycles. The number of anilines is 1. The fourth-order valence-electron chi connectivity index (χ4n) is 2.53. The number of benzene rings is 1. The van der Waals surface area contributed by atoms with E-state index in [0.29, 0.717) is 17.9 Å². The van der Waals surface area contributed by atoms with Gasteiger partial charge in [-0.3, -0.25) is 0 Å². The zero-order chi connectivity index (χ0) is 16.5. The third kappa shape index (κ3) is 5.92. The van der Waals surface area contributed by atoms with E-state index in [1.165, 1.54) is 6.42 Å². The second-order valence-corrected chi connectivity index (χ2v) is 6.08. The van der Waals surface area contributed by atoms with Crippen LogP contribution in [0, 0.1) is 5.92 Å². The lowest BCUT2D eigenvalue weighted by molar-refractivity contribution is -0.132. The van der Waals surface area contributed by atoms with Crippen LogP contribution in [0.25, 0.3) is 6.08 Å². The van der Waals surface area contributed by atoms with Crippen LogP contribution in [0.3, 0.4) is 0 Å². The zero-order valence-corrected chi connectivity index (χ0v) is 14.3. The lowest BCUT2D eigenvalue weighted by Crippen LogP contribution is -2.09. The molecule has 0 saturated carbocycles. The van der Waals surface area contributed by atoms with Crippen LogP contribution in [-0.4, -0.2) is 25.2 Å². The van der Waals surface area contributed by atoms with Crippen LogP contribution in [0.1, 0.15) is 51.5 Å². The van der Waals surface area contributed by atoms with E-state index in [9.17, 15) is 9.90 Å². The molecule has 3 nitrogen and oxygen atoms in total. The zero-order valence-electron chi connectivity index (χ0n) is 14.3. The molecule has 0 heterocycles. The molecule has 22 heavy (non-hydrogen) atoms. The number of hydrogen-bond donors (Lipinski definition) is 1. The van der Waals surface area contributed by atoms with Crippen LogP contribution in [0.15, 0.2) is 29.8 Å². The lowest BCUT2D eigenvalue weighted by atomic mass is 9.91. The third-order valence-corrected chi connectivity index (χ3v) is 4.08. The minimum atomic E-state index is -0.799. The van der Waals surface area contributed by atoms with Crippen molar-refractivity contribution in [2.75, 3.05) is 19.0 Å². The molecule has 122 valence electrons. The number of hydrogen-bond acceptors (Lipinski definition) is 2. The number of unbranched alkanes of at least 4 members (excludes halogenated alkanes) is 1. The van der Waals surface area contributed by atoms with Crippen molar-refractivity contribution in [3.8, 4) is 0 Å². The maximum atomic E-state index is 11.5. The number of carbonyl (C=O) groups is 1. The molecular formula is C19H29NO2. The van der Waals surface area contributed by atoms with Gasteiger partial charge < -0.3 is 10.0 Å². The van der Waals surface area contributed by atoms with Crippen molar-refractivity contribution >= 4 is 17.7 Å². The summed E-state index contributed by atoms with van der Waals surface area (Å²) < 4.78 is 0. The molecule has 0 fully saturated rings. The Balaban J connectivity index is 2.86. The molecule has 0 bridgehead atoms. The Hall–Kier alpha value is -1.77. The smallest absolute Gasteiger partial charge is 0.331 e. The maximum Gasteiger partial charge on any atom is 0.331 e. The van der Waals surface area contributed by atoms with Gasteiger partial charge in [-0.1, -0.05) is 51.7 Å². The van der Waals surface area contributed by atoms with Crippen LogP contribution in [0.5, 0.6) is 0 Å². The number of carboxylic acids is 1. The molecule has 1 rings (SSSR count). The molecule has 0 spiro atoms. The first-order chi connectivity index (χ1) is 10.5. The van der Waals surface area contributed by atoms with Crippen molar-refractivity contribution in [1.29, 1.82) is 0 Å². The van der Waals surface area contributed by atoms with E-state index in [-0.39, 0.29) is 0 Å². The van der Waals surface area contributed by atoms with Gasteiger partial charge in [0, 0.05) is 25.4 Å². The van der Waals surface area contributed by atoms with Gasteiger partial charge in [-0.15, -0.1) is 0 Å². The van der Waals surface area contributed by atoms with E-state index in [4.69, 9.17) is 0 Å². The van der Waals surface area contributed by atoms with Crippen LogP contribution in [0.4, 0.5) is 5.69 Å². The van der Waals surface area contributed by atoms with Gasteiger partial charge in [0.2, 0.25) is 0 Å². The molecule has 1 atom stereocenters. The highest BCUT2D eigenvalue weighted by atomic mass is 16.4. The average Bonchev–Trinajstić information content (AvgIpc) is 2.50. The molecule has 0 saturated heterocycles. The first kappa shape index (κ1) is 18.3. The third-order valence-electron chi connectivity index (χ3n) is 4.08. The predicted octanol–water partition coefficient (Wildman–Crippen LogP) is 4.83. The summed E-state index contributed by atoms with van der Waals surface area (Å²) in [6, 6.07) is 7.98.